The standard InChI is InChI=1S/C12H12O3/c13-11-4-3-9-5-8(6-12(14)15)1-2-10(9)7-11/h1-2,5H,3-4,6-7H2,(H,14,15). The number of fused-ring (bicyclic) bond motifs is 1. The van der Waals surface area contributed by atoms with Gasteiger partial charge in [-0.3, -0.25) is 9.59 Å². The van der Waals surface area contributed by atoms with Crippen molar-refractivity contribution in [1.29, 1.82) is 0 Å². The van der Waals surface area contributed by atoms with Gasteiger partial charge in [0.15, 0.2) is 0 Å². The van der Waals surface area contributed by atoms with Crippen LogP contribution in [0.1, 0.15) is 23.1 Å². The highest BCUT2D eigenvalue weighted by atomic mass is 16.4. The van der Waals surface area contributed by atoms with Crippen LogP contribution in [0.4, 0.5) is 0 Å². The Balaban J connectivity index is 2.26. The van der Waals surface area contributed by atoms with Crippen molar-refractivity contribution in [3.8, 4) is 0 Å². The molecule has 0 bridgehead atoms. The number of carboxylic acid groups (broad SMARTS) is 1. The van der Waals surface area contributed by atoms with Crippen LogP contribution in [-0.4, -0.2) is 16.9 Å². The van der Waals surface area contributed by atoms with Crippen molar-refractivity contribution < 1.29 is 14.7 Å². The summed E-state index contributed by atoms with van der Waals surface area (Å²) in [5.41, 5.74) is 3.00. The largest absolute Gasteiger partial charge is 0.481 e. The van der Waals surface area contributed by atoms with Gasteiger partial charge in [0.05, 0.1) is 6.42 Å². The Kier molecular flexibility index (Phi) is 2.54. The predicted molar refractivity (Wildman–Crippen MR) is 54.8 cm³/mol. The summed E-state index contributed by atoms with van der Waals surface area (Å²) in [7, 11) is 0. The topological polar surface area (TPSA) is 54.4 Å². The minimum Gasteiger partial charge on any atom is -0.481 e. The van der Waals surface area contributed by atoms with E-state index < -0.39 is 5.97 Å². The molecule has 3 nitrogen and oxygen atoms in total. The van der Waals surface area contributed by atoms with Crippen LogP contribution < -0.4 is 0 Å². The van der Waals surface area contributed by atoms with Gasteiger partial charge < -0.3 is 5.11 Å². The molecule has 1 aromatic rings. The molecule has 0 amide bonds. The second kappa shape index (κ2) is 3.85. The van der Waals surface area contributed by atoms with Crippen molar-refractivity contribution in [1.82, 2.24) is 0 Å². The zero-order valence-corrected chi connectivity index (χ0v) is 8.32. The first kappa shape index (κ1) is 9.90. The third-order valence-corrected chi connectivity index (χ3v) is 2.69. The number of benzene rings is 1. The molecule has 1 aliphatic carbocycles. The summed E-state index contributed by atoms with van der Waals surface area (Å²) < 4.78 is 0. The molecular weight excluding hydrogens is 192 g/mol. The highest BCUT2D eigenvalue weighted by Crippen LogP contribution is 2.20. The zero-order chi connectivity index (χ0) is 10.8. The second-order valence-corrected chi connectivity index (χ2v) is 3.89. The Morgan fingerprint density at radius 1 is 1.27 bits per heavy atom. The molecule has 0 fully saturated rings. The van der Waals surface area contributed by atoms with Gasteiger partial charge in [0.25, 0.3) is 0 Å². The third-order valence-electron chi connectivity index (χ3n) is 2.69. The lowest BCUT2D eigenvalue weighted by atomic mass is 9.89. The summed E-state index contributed by atoms with van der Waals surface area (Å²) in [6.45, 7) is 0. The first-order valence-corrected chi connectivity index (χ1v) is 4.99. The SMILES string of the molecule is O=C(O)Cc1ccc2c(c1)CCC(=O)C2. The molecule has 0 heterocycles. The molecule has 1 N–H and O–H groups in total. The predicted octanol–water partition coefficient (Wildman–Crippen LogP) is 1.37. The number of hydrogen-bond donors (Lipinski definition) is 1. The summed E-state index contributed by atoms with van der Waals surface area (Å²) >= 11 is 0. The van der Waals surface area contributed by atoms with E-state index in [1.54, 1.807) is 6.07 Å². The average molecular weight is 204 g/mol. The summed E-state index contributed by atoms with van der Waals surface area (Å²) in [5.74, 6) is -0.546. The fourth-order valence-corrected chi connectivity index (χ4v) is 1.94. The van der Waals surface area contributed by atoms with Crippen LogP contribution in [-0.2, 0) is 28.9 Å². The Labute approximate surface area is 87.7 Å². The minimum absolute atomic E-state index is 0.0568. The molecule has 0 atom stereocenters. The van der Waals surface area contributed by atoms with Gasteiger partial charge in [-0.1, -0.05) is 18.2 Å². The van der Waals surface area contributed by atoms with Gasteiger partial charge >= 0.3 is 5.97 Å². The van der Waals surface area contributed by atoms with Crippen LogP contribution in [0.2, 0.25) is 0 Å². The van der Waals surface area contributed by atoms with E-state index in [2.05, 4.69) is 0 Å². The maximum absolute atomic E-state index is 11.2. The van der Waals surface area contributed by atoms with Gasteiger partial charge in [-0.2, -0.15) is 0 Å². The first-order valence-electron chi connectivity index (χ1n) is 4.99. The third kappa shape index (κ3) is 2.24. The molecule has 2 rings (SSSR count). The van der Waals surface area contributed by atoms with Crippen molar-refractivity contribution in [2.45, 2.75) is 25.7 Å². The number of carbonyl (C=O) groups excluding carboxylic acids is 1. The summed E-state index contributed by atoms with van der Waals surface area (Å²) in [4.78, 5) is 21.7. The highest BCUT2D eigenvalue weighted by Gasteiger charge is 2.15. The highest BCUT2D eigenvalue weighted by molar-refractivity contribution is 5.83. The monoisotopic (exact) mass is 204 g/mol. The van der Waals surface area contributed by atoms with Gasteiger partial charge in [-0.25, -0.2) is 0 Å². The molecule has 0 unspecified atom stereocenters. The number of Topliss-reactive ketones (excluding diaryl/α,β-unsaturated/α-hetero) is 1. The molecule has 3 heteroatoms. The van der Waals surface area contributed by atoms with E-state index in [1.165, 1.54) is 0 Å². The van der Waals surface area contributed by atoms with Crippen LogP contribution >= 0.6 is 0 Å². The number of aryl methyl sites for hydroxylation is 1. The smallest absolute Gasteiger partial charge is 0.307 e. The Morgan fingerprint density at radius 3 is 2.80 bits per heavy atom. The van der Waals surface area contributed by atoms with Gasteiger partial charge in [0, 0.05) is 12.8 Å². The van der Waals surface area contributed by atoms with Crippen molar-refractivity contribution in [3.05, 3.63) is 34.9 Å². The van der Waals surface area contributed by atoms with Gasteiger partial charge in [-0.05, 0) is 23.1 Å². The number of ketones is 1. The zero-order valence-electron chi connectivity index (χ0n) is 8.32. The lowest BCUT2D eigenvalue weighted by Crippen LogP contribution is -2.13. The maximum atomic E-state index is 11.2. The Morgan fingerprint density at radius 2 is 2.07 bits per heavy atom. The molecule has 1 aromatic carbocycles. The first-order chi connectivity index (χ1) is 7.15. The number of carbonyl (C=O) groups is 2. The molecular formula is C12H12O3. The second-order valence-electron chi connectivity index (χ2n) is 3.89. The van der Waals surface area contributed by atoms with E-state index in [-0.39, 0.29) is 12.2 Å². The molecule has 0 saturated heterocycles. The fraction of sp³-hybridized carbons (Fsp3) is 0.333. The number of carboxylic acids is 1. The van der Waals surface area contributed by atoms with E-state index in [9.17, 15) is 9.59 Å². The summed E-state index contributed by atoms with van der Waals surface area (Å²) in [6.07, 6.45) is 1.90. The van der Waals surface area contributed by atoms with Crippen molar-refractivity contribution in [2.75, 3.05) is 0 Å². The van der Waals surface area contributed by atoms with E-state index in [4.69, 9.17) is 5.11 Å². The van der Waals surface area contributed by atoms with E-state index in [1.807, 2.05) is 12.1 Å². The van der Waals surface area contributed by atoms with E-state index in [0.29, 0.717) is 12.8 Å². The van der Waals surface area contributed by atoms with E-state index in [0.717, 1.165) is 23.1 Å². The molecule has 0 aliphatic heterocycles. The quantitative estimate of drug-likeness (QED) is 0.791. The van der Waals surface area contributed by atoms with Crippen molar-refractivity contribution >= 4 is 11.8 Å². The van der Waals surface area contributed by atoms with Crippen LogP contribution in [0.3, 0.4) is 0 Å². The number of aliphatic carboxylic acids is 1. The lowest BCUT2D eigenvalue weighted by molar-refractivity contribution is -0.136. The van der Waals surface area contributed by atoms with Crippen LogP contribution in [0, 0.1) is 0 Å². The maximum Gasteiger partial charge on any atom is 0.307 e. The van der Waals surface area contributed by atoms with Crippen molar-refractivity contribution in [2.24, 2.45) is 0 Å². The molecule has 78 valence electrons. The van der Waals surface area contributed by atoms with Crippen LogP contribution in [0.25, 0.3) is 0 Å². The normalized spacial score (nSPS) is 14.8. The summed E-state index contributed by atoms with van der Waals surface area (Å²) in [6, 6.07) is 5.59. The molecule has 0 spiro atoms. The van der Waals surface area contributed by atoms with Crippen LogP contribution in [0.15, 0.2) is 18.2 Å². The molecule has 0 aromatic heterocycles. The van der Waals surface area contributed by atoms with E-state index >= 15 is 0 Å². The van der Waals surface area contributed by atoms with Crippen LogP contribution in [0.5, 0.6) is 0 Å². The molecule has 1 aliphatic rings. The average Bonchev–Trinajstić information content (AvgIpc) is 2.17. The Hall–Kier alpha value is -1.64. The number of rotatable bonds is 2. The minimum atomic E-state index is -0.818. The fourth-order valence-electron chi connectivity index (χ4n) is 1.94. The lowest BCUT2D eigenvalue weighted by Gasteiger charge is -2.15. The molecule has 15 heavy (non-hydrogen) atoms. The van der Waals surface area contributed by atoms with Crippen molar-refractivity contribution in [3.63, 3.8) is 0 Å². The van der Waals surface area contributed by atoms with Gasteiger partial charge in [0.1, 0.15) is 5.78 Å². The van der Waals surface area contributed by atoms with Gasteiger partial charge in [-0.15, -0.1) is 0 Å². The number of hydrogen-bond acceptors (Lipinski definition) is 2. The summed E-state index contributed by atoms with van der Waals surface area (Å²) in [5, 5.41) is 8.66. The molecule has 0 radical (unpaired) electrons. The molecule has 0 saturated carbocycles. The Bertz CT molecular complexity index is 421. The van der Waals surface area contributed by atoms with Gasteiger partial charge in [0.2, 0.25) is 0 Å².